The van der Waals surface area contributed by atoms with Gasteiger partial charge in [-0.3, -0.25) is 0 Å². The van der Waals surface area contributed by atoms with Crippen LogP contribution in [-0.2, 0) is 9.47 Å². The van der Waals surface area contributed by atoms with Crippen LogP contribution in [0.25, 0.3) is 0 Å². The van der Waals surface area contributed by atoms with E-state index in [0.29, 0.717) is 19.1 Å². The Morgan fingerprint density at radius 1 is 1.05 bits per heavy atom. The lowest BCUT2D eigenvalue weighted by Gasteiger charge is -2.22. The van der Waals surface area contributed by atoms with E-state index in [1.807, 2.05) is 13.8 Å². The maximum Gasteiger partial charge on any atom is 0.199 e. The molecule has 2 unspecified atom stereocenters. The maximum atomic E-state index is 5.80. The fraction of sp³-hybridized carbons (Fsp3) is 0.733. The molecule has 0 saturated heterocycles. The van der Waals surface area contributed by atoms with Crippen molar-refractivity contribution in [1.82, 2.24) is 0 Å². The van der Waals surface area contributed by atoms with Crippen LogP contribution in [0.1, 0.15) is 34.6 Å². The van der Waals surface area contributed by atoms with Crippen LogP contribution in [0.2, 0.25) is 0 Å². The van der Waals surface area contributed by atoms with Gasteiger partial charge in [-0.05, 0) is 19.3 Å². The molecule has 0 aromatic carbocycles. The van der Waals surface area contributed by atoms with Crippen LogP contribution in [0.5, 0.6) is 0 Å². The molecular weight excluding hydrogens is 240 g/mol. The molecule has 4 nitrogen and oxygen atoms in total. The van der Waals surface area contributed by atoms with Crippen LogP contribution in [0, 0.1) is 10.8 Å². The molecule has 4 heteroatoms. The summed E-state index contributed by atoms with van der Waals surface area (Å²) in [4.78, 5) is 9.26. The molecule has 2 heterocycles. The van der Waals surface area contributed by atoms with E-state index in [4.69, 9.17) is 14.5 Å². The van der Waals surface area contributed by atoms with Crippen LogP contribution >= 0.6 is 0 Å². The Bertz CT molecular complexity index is 430. The third-order valence-electron chi connectivity index (χ3n) is 3.67. The van der Waals surface area contributed by atoms with Gasteiger partial charge in [0.15, 0.2) is 11.8 Å². The Morgan fingerprint density at radius 2 is 1.63 bits per heavy atom. The van der Waals surface area contributed by atoms with Gasteiger partial charge in [-0.25, -0.2) is 9.98 Å². The lowest BCUT2D eigenvalue weighted by molar-refractivity contribution is 0.222. The van der Waals surface area contributed by atoms with Crippen molar-refractivity contribution in [2.45, 2.75) is 46.7 Å². The standard InChI is InChI=1S/C15H24N2O2/c1-7-10-8-18-12(16-10)15(5,6)13-17-11(9-19-13)14(2,3)4/h7,10-11H,1,8-9H2,2-6H3. The maximum absolute atomic E-state index is 5.80. The molecule has 0 aromatic rings. The van der Waals surface area contributed by atoms with Gasteiger partial charge in [0, 0.05) is 0 Å². The van der Waals surface area contributed by atoms with E-state index in [9.17, 15) is 0 Å². The van der Waals surface area contributed by atoms with Crippen molar-refractivity contribution in [2.75, 3.05) is 13.2 Å². The van der Waals surface area contributed by atoms with E-state index < -0.39 is 5.41 Å². The van der Waals surface area contributed by atoms with Crippen molar-refractivity contribution in [2.24, 2.45) is 20.8 Å². The number of hydrogen-bond acceptors (Lipinski definition) is 4. The third kappa shape index (κ3) is 2.67. The molecule has 2 aliphatic heterocycles. The first-order chi connectivity index (χ1) is 8.75. The molecule has 0 radical (unpaired) electrons. The van der Waals surface area contributed by atoms with Crippen molar-refractivity contribution in [1.29, 1.82) is 0 Å². The Kier molecular flexibility index (Phi) is 3.45. The normalized spacial score (nSPS) is 27.4. The fourth-order valence-electron chi connectivity index (χ4n) is 2.10. The highest BCUT2D eigenvalue weighted by atomic mass is 16.5. The predicted molar refractivity (Wildman–Crippen MR) is 77.8 cm³/mol. The Balaban J connectivity index is 2.20. The number of hydrogen-bond donors (Lipinski definition) is 0. The summed E-state index contributed by atoms with van der Waals surface area (Å²) in [5, 5.41) is 0. The van der Waals surface area contributed by atoms with E-state index in [1.165, 1.54) is 0 Å². The second-order valence-electron chi connectivity index (χ2n) is 6.80. The van der Waals surface area contributed by atoms with Gasteiger partial charge < -0.3 is 9.47 Å². The summed E-state index contributed by atoms with van der Waals surface area (Å²) in [7, 11) is 0. The highest BCUT2D eigenvalue weighted by Gasteiger charge is 2.42. The minimum atomic E-state index is -0.405. The summed E-state index contributed by atoms with van der Waals surface area (Å²) in [5.74, 6) is 1.43. The SMILES string of the molecule is C=CC1COC(C(C)(C)C2=NC(C(C)(C)C)CO2)=N1. The molecule has 2 rings (SSSR count). The number of nitrogens with zero attached hydrogens (tertiary/aromatic N) is 2. The quantitative estimate of drug-likeness (QED) is 0.736. The van der Waals surface area contributed by atoms with Crippen LogP contribution in [0.15, 0.2) is 22.6 Å². The molecule has 0 spiro atoms. The molecule has 0 aliphatic carbocycles. The fourth-order valence-corrected chi connectivity index (χ4v) is 2.10. The molecule has 0 saturated carbocycles. The minimum absolute atomic E-state index is 0.0506. The lowest BCUT2D eigenvalue weighted by Crippen LogP contribution is -2.34. The summed E-state index contributed by atoms with van der Waals surface area (Å²) in [6, 6.07) is 0.244. The van der Waals surface area contributed by atoms with E-state index in [2.05, 4.69) is 32.3 Å². The van der Waals surface area contributed by atoms with Crippen molar-refractivity contribution in [3.63, 3.8) is 0 Å². The molecular formula is C15H24N2O2. The van der Waals surface area contributed by atoms with Crippen LogP contribution in [0.4, 0.5) is 0 Å². The number of rotatable bonds is 3. The summed E-state index contributed by atoms with van der Waals surface area (Å²) in [6.45, 7) is 15.6. The summed E-state index contributed by atoms with van der Waals surface area (Å²) in [6.07, 6.45) is 1.80. The average molecular weight is 264 g/mol. The lowest BCUT2D eigenvalue weighted by atomic mass is 9.88. The first-order valence-corrected chi connectivity index (χ1v) is 6.80. The zero-order chi connectivity index (χ0) is 14.3. The Morgan fingerprint density at radius 3 is 2.11 bits per heavy atom. The zero-order valence-corrected chi connectivity index (χ0v) is 12.6. The molecule has 0 aromatic heterocycles. The number of ether oxygens (including phenoxy) is 2. The van der Waals surface area contributed by atoms with Gasteiger partial charge in [0.05, 0.1) is 6.04 Å². The van der Waals surface area contributed by atoms with Gasteiger partial charge in [0.1, 0.15) is 24.7 Å². The second kappa shape index (κ2) is 4.66. The molecule has 2 atom stereocenters. The highest BCUT2D eigenvalue weighted by molar-refractivity contribution is 6.05. The van der Waals surface area contributed by atoms with Gasteiger partial charge in [-0.2, -0.15) is 0 Å². The van der Waals surface area contributed by atoms with Crippen molar-refractivity contribution in [3.05, 3.63) is 12.7 Å². The zero-order valence-electron chi connectivity index (χ0n) is 12.6. The van der Waals surface area contributed by atoms with Crippen molar-refractivity contribution >= 4 is 11.8 Å². The Labute approximate surface area is 115 Å². The second-order valence-corrected chi connectivity index (χ2v) is 6.80. The average Bonchev–Trinajstić information content (AvgIpc) is 2.98. The van der Waals surface area contributed by atoms with Crippen molar-refractivity contribution < 1.29 is 9.47 Å². The Hall–Kier alpha value is -1.32. The highest BCUT2D eigenvalue weighted by Crippen LogP contribution is 2.33. The van der Waals surface area contributed by atoms with Gasteiger partial charge in [0.2, 0.25) is 0 Å². The summed E-state index contributed by atoms with van der Waals surface area (Å²) < 4.78 is 11.5. The largest absolute Gasteiger partial charge is 0.478 e. The minimum Gasteiger partial charge on any atom is -0.478 e. The van der Waals surface area contributed by atoms with Gasteiger partial charge in [-0.1, -0.05) is 26.8 Å². The summed E-state index contributed by atoms with van der Waals surface area (Å²) in [5.41, 5.74) is -0.294. The molecule has 2 aliphatic rings. The van der Waals surface area contributed by atoms with Gasteiger partial charge >= 0.3 is 0 Å². The molecule has 0 fully saturated rings. The van der Waals surface area contributed by atoms with E-state index in [0.717, 1.165) is 5.90 Å². The first-order valence-electron chi connectivity index (χ1n) is 6.80. The summed E-state index contributed by atoms with van der Waals surface area (Å²) >= 11 is 0. The van der Waals surface area contributed by atoms with Gasteiger partial charge in [-0.15, -0.1) is 6.58 Å². The van der Waals surface area contributed by atoms with E-state index >= 15 is 0 Å². The van der Waals surface area contributed by atoms with Crippen LogP contribution in [-0.4, -0.2) is 37.1 Å². The predicted octanol–water partition coefficient (Wildman–Crippen LogP) is 2.84. The van der Waals surface area contributed by atoms with Crippen LogP contribution in [0.3, 0.4) is 0 Å². The molecule has 19 heavy (non-hydrogen) atoms. The van der Waals surface area contributed by atoms with Crippen molar-refractivity contribution in [3.8, 4) is 0 Å². The smallest absolute Gasteiger partial charge is 0.199 e. The molecule has 0 bridgehead atoms. The van der Waals surface area contributed by atoms with Crippen LogP contribution < -0.4 is 0 Å². The number of aliphatic imine (C=N–C) groups is 2. The monoisotopic (exact) mass is 264 g/mol. The van der Waals surface area contributed by atoms with E-state index in [-0.39, 0.29) is 17.5 Å². The van der Waals surface area contributed by atoms with Gasteiger partial charge in [0.25, 0.3) is 0 Å². The molecule has 0 amide bonds. The third-order valence-corrected chi connectivity index (χ3v) is 3.67. The van der Waals surface area contributed by atoms with E-state index in [1.54, 1.807) is 6.08 Å². The molecule has 106 valence electrons. The topological polar surface area (TPSA) is 43.2 Å². The first kappa shape index (κ1) is 14.1. The molecule has 0 N–H and O–H groups in total.